The van der Waals surface area contributed by atoms with Crippen molar-refractivity contribution < 1.29 is 9.53 Å². The highest BCUT2D eigenvalue weighted by atomic mass is 16.5. The fraction of sp³-hybridized carbons (Fsp3) is 0.692. The van der Waals surface area contributed by atoms with E-state index in [4.69, 9.17) is 10.5 Å². The Balaban J connectivity index is 2.02. The van der Waals surface area contributed by atoms with Gasteiger partial charge in [0.25, 0.3) is 0 Å². The Morgan fingerprint density at radius 1 is 1.63 bits per heavy atom. The highest BCUT2D eigenvalue weighted by Gasteiger charge is 2.29. The molecule has 106 valence electrons. The molecule has 1 atom stereocenters. The molecule has 1 amide bonds. The van der Waals surface area contributed by atoms with E-state index in [0.717, 1.165) is 31.7 Å². The van der Waals surface area contributed by atoms with Crippen LogP contribution in [0.15, 0.2) is 6.07 Å². The third-order valence-electron chi connectivity index (χ3n) is 3.68. The number of ether oxygens (including phenoxy) is 1. The number of nitrogens with two attached hydrogens (primary N) is 1. The number of aromatic nitrogens is 2. The van der Waals surface area contributed by atoms with Crippen molar-refractivity contribution in [3.63, 3.8) is 0 Å². The first kappa shape index (κ1) is 14.0. The summed E-state index contributed by atoms with van der Waals surface area (Å²) in [5.41, 5.74) is 6.66. The van der Waals surface area contributed by atoms with E-state index in [1.165, 1.54) is 0 Å². The Hall–Kier alpha value is -1.40. The Kier molecular flexibility index (Phi) is 4.55. The van der Waals surface area contributed by atoms with Gasteiger partial charge in [0.05, 0.1) is 11.6 Å². The summed E-state index contributed by atoms with van der Waals surface area (Å²) in [6, 6.07) is 1.86. The normalized spacial score (nSPS) is 18.3. The van der Waals surface area contributed by atoms with Crippen LogP contribution in [0, 0.1) is 18.8 Å². The van der Waals surface area contributed by atoms with Gasteiger partial charge < -0.3 is 15.8 Å². The van der Waals surface area contributed by atoms with Crippen molar-refractivity contribution in [2.24, 2.45) is 24.6 Å². The van der Waals surface area contributed by atoms with Gasteiger partial charge in [-0.1, -0.05) is 0 Å². The second-order valence-electron chi connectivity index (χ2n) is 5.08. The highest BCUT2D eigenvalue weighted by molar-refractivity contribution is 5.92. The topological polar surface area (TPSA) is 82.2 Å². The Labute approximate surface area is 113 Å². The number of carbonyl (C=O) groups is 1. The maximum Gasteiger partial charge on any atom is 0.230 e. The molecule has 1 aliphatic heterocycles. The number of amides is 1. The zero-order valence-corrected chi connectivity index (χ0v) is 11.6. The predicted octanol–water partition coefficient (Wildman–Crippen LogP) is 0.669. The van der Waals surface area contributed by atoms with Gasteiger partial charge in [-0.2, -0.15) is 5.10 Å². The minimum Gasteiger partial charge on any atom is -0.381 e. The van der Waals surface area contributed by atoms with E-state index in [1.807, 2.05) is 20.0 Å². The molecule has 2 rings (SSSR count). The lowest BCUT2D eigenvalue weighted by Crippen LogP contribution is -2.38. The van der Waals surface area contributed by atoms with Crippen LogP contribution in [0.1, 0.15) is 18.5 Å². The maximum absolute atomic E-state index is 12.3. The summed E-state index contributed by atoms with van der Waals surface area (Å²) in [7, 11) is 1.81. The van der Waals surface area contributed by atoms with Gasteiger partial charge in [0.15, 0.2) is 0 Å². The van der Waals surface area contributed by atoms with Crippen molar-refractivity contribution in [1.29, 1.82) is 0 Å². The van der Waals surface area contributed by atoms with Gasteiger partial charge in [-0.15, -0.1) is 0 Å². The average molecular weight is 266 g/mol. The molecule has 1 saturated heterocycles. The summed E-state index contributed by atoms with van der Waals surface area (Å²) in [4.78, 5) is 12.3. The summed E-state index contributed by atoms with van der Waals surface area (Å²) in [5.74, 6) is 0.859. The van der Waals surface area contributed by atoms with E-state index in [1.54, 1.807) is 4.68 Å². The summed E-state index contributed by atoms with van der Waals surface area (Å²) in [6.45, 7) is 3.71. The van der Waals surface area contributed by atoms with Crippen molar-refractivity contribution in [3.05, 3.63) is 11.8 Å². The minimum atomic E-state index is -0.154. The lowest BCUT2D eigenvalue weighted by atomic mass is 9.85. The largest absolute Gasteiger partial charge is 0.381 e. The van der Waals surface area contributed by atoms with Crippen LogP contribution in [0.2, 0.25) is 0 Å². The fourth-order valence-corrected chi connectivity index (χ4v) is 2.58. The number of hydrogen-bond donors (Lipinski definition) is 2. The molecule has 0 aromatic carbocycles. The van der Waals surface area contributed by atoms with E-state index in [2.05, 4.69) is 10.4 Å². The first-order valence-corrected chi connectivity index (χ1v) is 6.71. The highest BCUT2D eigenvalue weighted by Crippen LogP contribution is 2.24. The molecular formula is C13H22N4O2. The molecule has 2 heterocycles. The number of aryl methyl sites for hydroxylation is 2. The molecule has 6 heteroatoms. The summed E-state index contributed by atoms with van der Waals surface area (Å²) >= 11 is 0. The second kappa shape index (κ2) is 6.16. The molecule has 1 aliphatic rings. The third kappa shape index (κ3) is 3.33. The lowest BCUT2D eigenvalue weighted by Gasteiger charge is -2.28. The Bertz CT molecular complexity index is 438. The quantitative estimate of drug-likeness (QED) is 0.839. The van der Waals surface area contributed by atoms with Gasteiger partial charge in [0, 0.05) is 32.9 Å². The van der Waals surface area contributed by atoms with Crippen LogP contribution in [-0.4, -0.2) is 35.4 Å². The third-order valence-corrected chi connectivity index (χ3v) is 3.68. The zero-order valence-electron chi connectivity index (χ0n) is 11.6. The first-order chi connectivity index (χ1) is 9.11. The molecule has 1 fully saturated rings. The summed E-state index contributed by atoms with van der Waals surface area (Å²) in [5, 5.41) is 7.13. The molecule has 0 spiro atoms. The van der Waals surface area contributed by atoms with Crippen molar-refractivity contribution in [2.45, 2.75) is 19.8 Å². The number of nitrogens with zero attached hydrogens (tertiary/aromatic N) is 2. The second-order valence-corrected chi connectivity index (χ2v) is 5.08. The molecule has 0 saturated carbocycles. The molecule has 19 heavy (non-hydrogen) atoms. The van der Waals surface area contributed by atoms with Crippen molar-refractivity contribution in [2.75, 3.05) is 25.1 Å². The van der Waals surface area contributed by atoms with Crippen LogP contribution >= 0.6 is 0 Å². The van der Waals surface area contributed by atoms with Crippen LogP contribution in [0.3, 0.4) is 0 Å². The SMILES string of the molecule is Cc1cc(NC(=O)C(CN)C2CCOCC2)n(C)n1. The first-order valence-electron chi connectivity index (χ1n) is 6.71. The number of carbonyl (C=O) groups excluding carboxylic acids is 1. The predicted molar refractivity (Wildman–Crippen MR) is 72.7 cm³/mol. The lowest BCUT2D eigenvalue weighted by molar-refractivity contribution is -0.122. The van der Waals surface area contributed by atoms with Crippen molar-refractivity contribution >= 4 is 11.7 Å². The van der Waals surface area contributed by atoms with Gasteiger partial charge in [0.2, 0.25) is 5.91 Å². The zero-order chi connectivity index (χ0) is 13.8. The molecule has 1 aromatic heterocycles. The Morgan fingerprint density at radius 3 is 2.84 bits per heavy atom. The van der Waals surface area contributed by atoms with E-state index >= 15 is 0 Å². The van der Waals surface area contributed by atoms with Gasteiger partial charge in [0.1, 0.15) is 5.82 Å². The van der Waals surface area contributed by atoms with Gasteiger partial charge in [-0.3, -0.25) is 9.48 Å². The monoisotopic (exact) mass is 266 g/mol. The van der Waals surface area contributed by atoms with E-state index < -0.39 is 0 Å². The van der Waals surface area contributed by atoms with Gasteiger partial charge in [-0.25, -0.2) is 0 Å². The van der Waals surface area contributed by atoms with Crippen molar-refractivity contribution in [3.8, 4) is 0 Å². The van der Waals surface area contributed by atoms with Crippen LogP contribution < -0.4 is 11.1 Å². The molecule has 6 nitrogen and oxygen atoms in total. The van der Waals surface area contributed by atoms with E-state index in [9.17, 15) is 4.79 Å². The van der Waals surface area contributed by atoms with Crippen LogP contribution in [0.4, 0.5) is 5.82 Å². The van der Waals surface area contributed by atoms with Crippen LogP contribution in [-0.2, 0) is 16.6 Å². The molecule has 0 aliphatic carbocycles. The molecule has 3 N–H and O–H groups in total. The smallest absolute Gasteiger partial charge is 0.230 e. The molecule has 0 bridgehead atoms. The van der Waals surface area contributed by atoms with E-state index in [0.29, 0.717) is 18.3 Å². The number of hydrogen-bond acceptors (Lipinski definition) is 4. The summed E-state index contributed by atoms with van der Waals surface area (Å²) < 4.78 is 7.00. The number of nitrogens with one attached hydrogen (secondary N) is 1. The Morgan fingerprint density at radius 2 is 2.32 bits per heavy atom. The minimum absolute atomic E-state index is 0.0163. The maximum atomic E-state index is 12.3. The van der Waals surface area contributed by atoms with Gasteiger partial charge >= 0.3 is 0 Å². The fourth-order valence-electron chi connectivity index (χ4n) is 2.58. The molecular weight excluding hydrogens is 244 g/mol. The number of rotatable bonds is 4. The van der Waals surface area contributed by atoms with Crippen LogP contribution in [0.25, 0.3) is 0 Å². The number of anilines is 1. The van der Waals surface area contributed by atoms with Crippen LogP contribution in [0.5, 0.6) is 0 Å². The average Bonchev–Trinajstić information content (AvgIpc) is 2.70. The summed E-state index contributed by atoms with van der Waals surface area (Å²) in [6.07, 6.45) is 1.80. The standard InChI is InChI=1S/C13H22N4O2/c1-9-7-12(17(2)16-9)15-13(18)11(8-14)10-3-5-19-6-4-10/h7,10-11H,3-6,8,14H2,1-2H3,(H,15,18). The van der Waals surface area contributed by atoms with E-state index in [-0.39, 0.29) is 11.8 Å². The molecule has 0 radical (unpaired) electrons. The van der Waals surface area contributed by atoms with Gasteiger partial charge in [-0.05, 0) is 25.7 Å². The molecule has 1 unspecified atom stereocenters. The molecule has 1 aromatic rings. The van der Waals surface area contributed by atoms with Crippen molar-refractivity contribution in [1.82, 2.24) is 9.78 Å².